The predicted molar refractivity (Wildman–Crippen MR) is 125 cm³/mol. The van der Waals surface area contributed by atoms with Gasteiger partial charge in [0, 0.05) is 30.2 Å². The summed E-state index contributed by atoms with van der Waals surface area (Å²) in [7, 11) is -3.69. The summed E-state index contributed by atoms with van der Waals surface area (Å²) in [5, 5.41) is 1.16. The second-order valence-corrected chi connectivity index (χ2v) is 10.0. The number of nitrogens with zero attached hydrogens (tertiary/aromatic N) is 1. The first kappa shape index (κ1) is 22.3. The standard InChI is InChI=1S/C25H28N2O4S/c1-3-31-25(28)23-15-20(23)17-27(32(29,30)21-12-10-18(2)11-13-21)14-6-7-19-16-26-24-9-5-4-8-22(19)24/h4-5,8-13,15-16,23,26H,3,6-7,14,17H2,1-2H3. The average molecular weight is 453 g/mol. The van der Waals surface area contributed by atoms with E-state index in [-0.39, 0.29) is 17.4 Å². The Labute approximate surface area is 188 Å². The van der Waals surface area contributed by atoms with Crippen molar-refractivity contribution in [1.29, 1.82) is 0 Å². The van der Waals surface area contributed by atoms with Gasteiger partial charge in [-0.05, 0) is 56.0 Å². The molecule has 1 aromatic heterocycles. The molecule has 4 rings (SSSR count). The lowest BCUT2D eigenvalue weighted by Crippen LogP contribution is -2.33. The van der Waals surface area contributed by atoms with Crippen molar-refractivity contribution in [1.82, 2.24) is 9.29 Å². The van der Waals surface area contributed by atoms with Crippen LogP contribution in [0.15, 0.2) is 71.3 Å². The maximum absolute atomic E-state index is 13.4. The summed E-state index contributed by atoms with van der Waals surface area (Å²) in [6.07, 6.45) is 5.20. The molecular formula is C25H28N2O4S. The van der Waals surface area contributed by atoms with Gasteiger partial charge in [0.05, 0.1) is 17.4 Å². The summed E-state index contributed by atoms with van der Waals surface area (Å²) < 4.78 is 33.3. The summed E-state index contributed by atoms with van der Waals surface area (Å²) in [5.41, 5.74) is 4.05. The quantitative estimate of drug-likeness (QED) is 0.369. The number of aromatic nitrogens is 1. The third kappa shape index (κ3) is 4.79. The Hall–Kier alpha value is -2.90. The van der Waals surface area contributed by atoms with Crippen LogP contribution in [0.4, 0.5) is 0 Å². The molecule has 1 N–H and O–H groups in total. The number of benzene rings is 2. The maximum Gasteiger partial charge on any atom is 0.317 e. The van der Waals surface area contributed by atoms with Crippen LogP contribution in [0.25, 0.3) is 10.9 Å². The number of para-hydroxylation sites is 1. The largest absolute Gasteiger partial charge is 0.465 e. The van der Waals surface area contributed by atoms with Crippen LogP contribution in [-0.2, 0) is 26.0 Å². The molecule has 168 valence electrons. The van der Waals surface area contributed by atoms with E-state index >= 15 is 0 Å². The summed E-state index contributed by atoms with van der Waals surface area (Å²) >= 11 is 0. The zero-order valence-corrected chi connectivity index (χ0v) is 19.2. The number of aryl methyl sites for hydroxylation is 2. The highest BCUT2D eigenvalue weighted by Crippen LogP contribution is 2.32. The number of sulfonamides is 1. The molecule has 0 radical (unpaired) electrons. The number of carbonyl (C=O) groups is 1. The Morgan fingerprint density at radius 2 is 1.88 bits per heavy atom. The second-order valence-electron chi connectivity index (χ2n) is 8.09. The fourth-order valence-electron chi connectivity index (χ4n) is 3.90. The third-order valence-electron chi connectivity index (χ3n) is 5.76. The first-order valence-electron chi connectivity index (χ1n) is 10.9. The number of carbonyl (C=O) groups excluding carboxylic acids is 1. The van der Waals surface area contributed by atoms with Crippen molar-refractivity contribution in [2.24, 2.45) is 5.92 Å². The van der Waals surface area contributed by atoms with Gasteiger partial charge >= 0.3 is 5.97 Å². The van der Waals surface area contributed by atoms with Gasteiger partial charge in [0.15, 0.2) is 0 Å². The highest BCUT2D eigenvalue weighted by molar-refractivity contribution is 7.89. The van der Waals surface area contributed by atoms with E-state index in [9.17, 15) is 13.2 Å². The van der Waals surface area contributed by atoms with Crippen LogP contribution >= 0.6 is 0 Å². The fraction of sp³-hybridized carbons (Fsp3) is 0.320. The lowest BCUT2D eigenvalue weighted by Gasteiger charge is -2.22. The number of hydrogen-bond acceptors (Lipinski definition) is 4. The van der Waals surface area contributed by atoms with Gasteiger partial charge in [0.25, 0.3) is 0 Å². The van der Waals surface area contributed by atoms with E-state index in [1.807, 2.05) is 31.3 Å². The molecule has 0 saturated heterocycles. The summed E-state index contributed by atoms with van der Waals surface area (Å²) in [6.45, 7) is 4.57. The molecule has 0 bridgehead atoms. The van der Waals surface area contributed by atoms with Crippen molar-refractivity contribution in [2.75, 3.05) is 19.7 Å². The fourth-order valence-corrected chi connectivity index (χ4v) is 5.37. The lowest BCUT2D eigenvalue weighted by molar-refractivity contribution is -0.144. The van der Waals surface area contributed by atoms with Crippen LogP contribution in [0.5, 0.6) is 0 Å². The van der Waals surface area contributed by atoms with Crippen LogP contribution in [0.3, 0.4) is 0 Å². The van der Waals surface area contributed by atoms with Gasteiger partial charge < -0.3 is 9.72 Å². The predicted octanol–water partition coefficient (Wildman–Crippen LogP) is 4.22. The van der Waals surface area contributed by atoms with Crippen LogP contribution in [-0.4, -0.2) is 43.4 Å². The molecular weight excluding hydrogens is 424 g/mol. The minimum absolute atomic E-state index is 0.202. The maximum atomic E-state index is 13.4. The Morgan fingerprint density at radius 1 is 1.12 bits per heavy atom. The number of esters is 1. The van der Waals surface area contributed by atoms with E-state index in [1.54, 1.807) is 37.3 Å². The van der Waals surface area contributed by atoms with Gasteiger partial charge in [-0.1, -0.05) is 42.0 Å². The minimum Gasteiger partial charge on any atom is -0.465 e. The zero-order chi connectivity index (χ0) is 22.7. The molecule has 0 fully saturated rings. The molecule has 0 amide bonds. The SMILES string of the molecule is CCOC(=O)C1C=C1CN(CCCc1c[nH]c2ccccc12)S(=O)(=O)c1ccc(C)cc1. The molecule has 6 nitrogen and oxygen atoms in total. The Bertz CT molecular complexity index is 1240. The van der Waals surface area contributed by atoms with Gasteiger partial charge in [-0.15, -0.1) is 0 Å². The Morgan fingerprint density at radius 3 is 2.62 bits per heavy atom. The third-order valence-corrected chi connectivity index (χ3v) is 7.62. The lowest BCUT2D eigenvalue weighted by atomic mass is 10.1. The van der Waals surface area contributed by atoms with E-state index in [2.05, 4.69) is 11.1 Å². The van der Waals surface area contributed by atoms with Gasteiger partial charge in [-0.25, -0.2) is 8.42 Å². The Balaban J connectivity index is 1.49. The normalized spacial score (nSPS) is 15.7. The van der Waals surface area contributed by atoms with Crippen LogP contribution in [0, 0.1) is 12.8 Å². The Kier molecular flexibility index (Phi) is 6.48. The molecule has 1 atom stereocenters. The molecule has 1 heterocycles. The topological polar surface area (TPSA) is 79.5 Å². The van der Waals surface area contributed by atoms with Crippen molar-refractivity contribution in [2.45, 2.75) is 31.6 Å². The van der Waals surface area contributed by atoms with E-state index in [0.29, 0.717) is 19.6 Å². The summed E-state index contributed by atoms with van der Waals surface area (Å²) in [5.74, 6) is -0.715. The average Bonchev–Trinajstić information content (AvgIpc) is 3.44. The van der Waals surface area contributed by atoms with Gasteiger partial charge in [0.2, 0.25) is 10.0 Å². The highest BCUT2D eigenvalue weighted by Gasteiger charge is 2.37. The molecule has 1 aliphatic carbocycles. The van der Waals surface area contributed by atoms with E-state index in [0.717, 1.165) is 28.5 Å². The molecule has 3 aromatic rings. The monoisotopic (exact) mass is 452 g/mol. The molecule has 1 aliphatic rings. The summed E-state index contributed by atoms with van der Waals surface area (Å²) in [4.78, 5) is 15.5. The smallest absolute Gasteiger partial charge is 0.317 e. The molecule has 0 aliphatic heterocycles. The van der Waals surface area contributed by atoms with E-state index in [1.165, 1.54) is 9.87 Å². The van der Waals surface area contributed by atoms with Crippen LogP contribution < -0.4 is 0 Å². The van der Waals surface area contributed by atoms with Crippen molar-refractivity contribution < 1.29 is 17.9 Å². The molecule has 0 saturated carbocycles. The van der Waals surface area contributed by atoms with Crippen molar-refractivity contribution in [3.8, 4) is 0 Å². The van der Waals surface area contributed by atoms with Gasteiger partial charge in [0.1, 0.15) is 0 Å². The van der Waals surface area contributed by atoms with Crippen molar-refractivity contribution >= 4 is 26.9 Å². The molecule has 2 aromatic carbocycles. The molecule has 1 unspecified atom stereocenters. The van der Waals surface area contributed by atoms with Crippen LogP contribution in [0.2, 0.25) is 0 Å². The number of rotatable bonds is 10. The number of fused-ring (bicyclic) bond motifs is 1. The van der Waals surface area contributed by atoms with Crippen molar-refractivity contribution in [3.63, 3.8) is 0 Å². The van der Waals surface area contributed by atoms with E-state index in [4.69, 9.17) is 4.74 Å². The number of hydrogen-bond donors (Lipinski definition) is 1. The zero-order valence-electron chi connectivity index (χ0n) is 18.4. The molecule has 0 spiro atoms. The van der Waals surface area contributed by atoms with Gasteiger partial charge in [-0.3, -0.25) is 4.79 Å². The van der Waals surface area contributed by atoms with Crippen molar-refractivity contribution in [3.05, 3.63) is 77.5 Å². The first-order valence-corrected chi connectivity index (χ1v) is 12.3. The summed E-state index contributed by atoms with van der Waals surface area (Å²) in [6, 6.07) is 15.0. The molecule has 7 heteroatoms. The minimum atomic E-state index is -3.69. The molecule has 32 heavy (non-hydrogen) atoms. The van der Waals surface area contributed by atoms with Gasteiger partial charge in [-0.2, -0.15) is 4.31 Å². The number of nitrogens with one attached hydrogen (secondary N) is 1. The highest BCUT2D eigenvalue weighted by atomic mass is 32.2. The number of ether oxygens (including phenoxy) is 1. The number of aromatic amines is 1. The second kappa shape index (κ2) is 9.30. The van der Waals surface area contributed by atoms with Crippen LogP contribution in [0.1, 0.15) is 24.5 Å². The van der Waals surface area contributed by atoms with E-state index < -0.39 is 15.9 Å². The number of H-pyrrole nitrogens is 1. The first-order chi connectivity index (χ1) is 15.4.